The van der Waals surface area contributed by atoms with Crippen molar-refractivity contribution >= 4 is 13.3 Å². The highest BCUT2D eigenvalue weighted by Crippen LogP contribution is 2.22. The second-order valence-electron chi connectivity index (χ2n) is 2.47. The van der Waals surface area contributed by atoms with Crippen molar-refractivity contribution in [3.63, 3.8) is 0 Å². The summed E-state index contributed by atoms with van der Waals surface area (Å²) in [6, 6.07) is 5.81. The van der Waals surface area contributed by atoms with E-state index in [-0.39, 0.29) is 0 Å². The maximum Gasteiger partial charge on any atom is 0.122 e. The molecule has 2 rings (SSSR count). The zero-order chi connectivity index (χ0) is 6.97. The van der Waals surface area contributed by atoms with Gasteiger partial charge in [0.15, 0.2) is 0 Å². The summed E-state index contributed by atoms with van der Waals surface area (Å²) in [6.07, 6.45) is 1.02. The monoisotopic (exact) mass is 130 g/mol. The van der Waals surface area contributed by atoms with Crippen LogP contribution in [0.1, 0.15) is 5.56 Å². The van der Waals surface area contributed by atoms with Crippen LogP contribution in [0.25, 0.3) is 0 Å². The minimum absolute atomic E-state index is 0.778. The van der Waals surface area contributed by atoms with Crippen molar-refractivity contribution in [2.24, 2.45) is 0 Å². The summed E-state index contributed by atoms with van der Waals surface area (Å²) in [5.41, 5.74) is 2.05. The van der Waals surface area contributed by atoms with Crippen LogP contribution in [0.15, 0.2) is 18.2 Å². The maximum atomic E-state index is 5.55. The number of hydrogen-bond donors (Lipinski definition) is 0. The molecule has 1 aliphatic heterocycles. The zero-order valence-corrected chi connectivity index (χ0v) is 5.63. The molecule has 2 radical (unpaired) electrons. The number of ether oxygens (including phenoxy) is 1. The number of rotatable bonds is 0. The predicted octanol–water partition coefficient (Wildman–Crippen LogP) is 0.415. The highest BCUT2D eigenvalue weighted by molar-refractivity contribution is 6.32. The molecule has 1 aliphatic rings. The normalized spacial score (nSPS) is 14.4. The summed E-state index contributed by atoms with van der Waals surface area (Å²) in [4.78, 5) is 0. The molecule has 1 nitrogen and oxygen atoms in total. The SMILES string of the molecule is [B]c1ccc2c(c1)OCC2. The van der Waals surface area contributed by atoms with E-state index in [0.717, 1.165) is 24.2 Å². The van der Waals surface area contributed by atoms with Gasteiger partial charge in [-0.1, -0.05) is 17.6 Å². The summed E-state index contributed by atoms with van der Waals surface area (Å²) >= 11 is 0. The van der Waals surface area contributed by atoms with Gasteiger partial charge in [-0.2, -0.15) is 0 Å². The molecule has 48 valence electrons. The Balaban J connectivity index is 2.52. The Kier molecular flexibility index (Phi) is 1.19. The number of hydrogen-bond acceptors (Lipinski definition) is 1. The Bertz CT molecular complexity index is 257. The predicted molar refractivity (Wildman–Crippen MR) is 41.0 cm³/mol. The van der Waals surface area contributed by atoms with Gasteiger partial charge in [0.2, 0.25) is 0 Å². The average Bonchev–Trinajstić information content (AvgIpc) is 2.33. The van der Waals surface area contributed by atoms with Gasteiger partial charge in [-0.3, -0.25) is 0 Å². The lowest BCUT2D eigenvalue weighted by Gasteiger charge is -1.98. The summed E-state index contributed by atoms with van der Waals surface area (Å²) in [5.74, 6) is 0.958. The van der Waals surface area contributed by atoms with Crippen LogP contribution in [0.2, 0.25) is 0 Å². The Morgan fingerprint density at radius 3 is 3.20 bits per heavy atom. The first-order valence-electron chi connectivity index (χ1n) is 3.37. The Morgan fingerprint density at radius 1 is 1.40 bits per heavy atom. The van der Waals surface area contributed by atoms with Gasteiger partial charge >= 0.3 is 0 Å². The van der Waals surface area contributed by atoms with E-state index in [4.69, 9.17) is 12.6 Å². The van der Waals surface area contributed by atoms with Crippen LogP contribution in [0, 0.1) is 0 Å². The molecule has 10 heavy (non-hydrogen) atoms. The fraction of sp³-hybridized carbons (Fsp3) is 0.250. The molecule has 1 aromatic rings. The molecule has 0 saturated carbocycles. The molecule has 0 aromatic heterocycles. The van der Waals surface area contributed by atoms with E-state index in [0.29, 0.717) is 0 Å². The zero-order valence-electron chi connectivity index (χ0n) is 5.63. The van der Waals surface area contributed by atoms with Gasteiger partial charge in [-0.15, -0.1) is 0 Å². The smallest absolute Gasteiger partial charge is 0.122 e. The van der Waals surface area contributed by atoms with Crippen molar-refractivity contribution in [3.05, 3.63) is 23.8 Å². The van der Waals surface area contributed by atoms with Gasteiger partial charge in [-0.05, 0) is 11.6 Å². The summed E-state index contributed by atoms with van der Waals surface area (Å²) in [7, 11) is 5.55. The Morgan fingerprint density at radius 2 is 2.30 bits per heavy atom. The maximum absolute atomic E-state index is 5.55. The lowest BCUT2D eigenvalue weighted by Crippen LogP contribution is -2.00. The van der Waals surface area contributed by atoms with Crippen LogP contribution in [0.4, 0.5) is 0 Å². The molecule has 0 aliphatic carbocycles. The average molecular weight is 130 g/mol. The van der Waals surface area contributed by atoms with Gasteiger partial charge < -0.3 is 4.74 Å². The summed E-state index contributed by atoms with van der Waals surface area (Å²) < 4.78 is 5.30. The van der Waals surface area contributed by atoms with Crippen molar-refractivity contribution in [1.29, 1.82) is 0 Å². The van der Waals surface area contributed by atoms with Crippen molar-refractivity contribution in [2.75, 3.05) is 6.61 Å². The summed E-state index contributed by atoms with van der Waals surface area (Å²) in [5, 5.41) is 0. The molecule has 0 saturated heterocycles. The van der Waals surface area contributed by atoms with Gasteiger partial charge in [0.1, 0.15) is 13.6 Å². The second-order valence-corrected chi connectivity index (χ2v) is 2.47. The third-order valence-electron chi connectivity index (χ3n) is 1.72. The van der Waals surface area contributed by atoms with E-state index in [1.807, 2.05) is 18.2 Å². The largest absolute Gasteiger partial charge is 0.493 e. The summed E-state index contributed by atoms with van der Waals surface area (Å²) in [6.45, 7) is 0.804. The van der Waals surface area contributed by atoms with Crippen molar-refractivity contribution in [1.82, 2.24) is 0 Å². The standard InChI is InChI=1S/C8H7BO/c9-7-2-1-6-3-4-10-8(6)5-7/h1-2,5H,3-4H2. The highest BCUT2D eigenvalue weighted by atomic mass is 16.5. The van der Waals surface area contributed by atoms with Crippen LogP contribution in [-0.2, 0) is 6.42 Å². The van der Waals surface area contributed by atoms with Crippen molar-refractivity contribution in [2.45, 2.75) is 6.42 Å². The van der Waals surface area contributed by atoms with E-state index in [1.165, 1.54) is 5.56 Å². The molecular formula is C8H7BO. The number of fused-ring (bicyclic) bond motifs is 1. The molecule has 1 heterocycles. The third kappa shape index (κ3) is 0.802. The molecule has 0 spiro atoms. The third-order valence-corrected chi connectivity index (χ3v) is 1.72. The molecule has 2 heteroatoms. The lowest BCUT2D eigenvalue weighted by molar-refractivity contribution is 0.357. The van der Waals surface area contributed by atoms with Crippen LogP contribution in [0.3, 0.4) is 0 Å². The van der Waals surface area contributed by atoms with Gasteiger partial charge in [0.25, 0.3) is 0 Å². The molecule has 0 amide bonds. The topological polar surface area (TPSA) is 9.23 Å². The van der Waals surface area contributed by atoms with Crippen LogP contribution in [0.5, 0.6) is 5.75 Å². The van der Waals surface area contributed by atoms with Crippen LogP contribution in [-0.4, -0.2) is 14.5 Å². The van der Waals surface area contributed by atoms with Crippen molar-refractivity contribution < 1.29 is 4.74 Å². The Hall–Kier alpha value is -0.915. The lowest BCUT2D eigenvalue weighted by atomic mass is 9.95. The first-order valence-corrected chi connectivity index (χ1v) is 3.37. The van der Waals surface area contributed by atoms with E-state index >= 15 is 0 Å². The van der Waals surface area contributed by atoms with E-state index in [2.05, 4.69) is 0 Å². The van der Waals surface area contributed by atoms with Gasteiger partial charge in [-0.25, -0.2) is 0 Å². The van der Waals surface area contributed by atoms with E-state index < -0.39 is 0 Å². The van der Waals surface area contributed by atoms with Crippen molar-refractivity contribution in [3.8, 4) is 5.75 Å². The van der Waals surface area contributed by atoms with Crippen LogP contribution < -0.4 is 10.2 Å². The first-order chi connectivity index (χ1) is 4.86. The number of benzene rings is 1. The molecule has 0 atom stereocenters. The minimum Gasteiger partial charge on any atom is -0.493 e. The fourth-order valence-corrected chi connectivity index (χ4v) is 1.18. The first kappa shape index (κ1) is 5.84. The second kappa shape index (κ2) is 2.05. The van der Waals surface area contributed by atoms with Crippen LogP contribution >= 0.6 is 0 Å². The van der Waals surface area contributed by atoms with Gasteiger partial charge in [0.05, 0.1) is 6.61 Å². The fourth-order valence-electron chi connectivity index (χ4n) is 1.18. The molecule has 0 bridgehead atoms. The van der Waals surface area contributed by atoms with E-state index in [1.54, 1.807) is 0 Å². The molecule has 0 fully saturated rings. The quantitative estimate of drug-likeness (QED) is 0.462. The Labute approximate surface area is 61.4 Å². The molecule has 0 N–H and O–H groups in total. The molecular weight excluding hydrogens is 123 g/mol. The molecule has 1 aromatic carbocycles. The van der Waals surface area contributed by atoms with Gasteiger partial charge in [0, 0.05) is 6.42 Å². The van der Waals surface area contributed by atoms with E-state index in [9.17, 15) is 0 Å². The highest BCUT2D eigenvalue weighted by Gasteiger charge is 2.09. The minimum atomic E-state index is 0.778. The molecule has 0 unspecified atom stereocenters.